The molecule has 6 rings (SSSR count). The van der Waals surface area contributed by atoms with Gasteiger partial charge in [-0.15, -0.1) is 0 Å². The van der Waals surface area contributed by atoms with Gasteiger partial charge in [0.05, 0.1) is 17.3 Å². The molecule has 1 fully saturated rings. The summed E-state index contributed by atoms with van der Waals surface area (Å²) in [5.74, 6) is 0.755. The fourth-order valence-corrected chi connectivity index (χ4v) is 6.06. The Balaban J connectivity index is 1.17. The minimum absolute atomic E-state index is 0.241. The monoisotopic (exact) mass is 544 g/mol. The molecule has 0 amide bonds. The second kappa shape index (κ2) is 10.2. The summed E-state index contributed by atoms with van der Waals surface area (Å²) in [6.07, 6.45) is 2.07. The number of aryl methyl sites for hydroxylation is 1. The van der Waals surface area contributed by atoms with Gasteiger partial charge in [0, 0.05) is 74.6 Å². The van der Waals surface area contributed by atoms with Gasteiger partial charge in [0.1, 0.15) is 11.5 Å². The summed E-state index contributed by atoms with van der Waals surface area (Å²) in [4.78, 5) is 18.4. The first-order valence-corrected chi connectivity index (χ1v) is 14.0. The summed E-state index contributed by atoms with van der Waals surface area (Å²) in [5.41, 5.74) is 4.54. The maximum absolute atomic E-state index is 14.9. The molecule has 0 aliphatic carbocycles. The maximum atomic E-state index is 14.9. The highest BCUT2D eigenvalue weighted by Gasteiger charge is 2.35. The molecule has 210 valence electrons. The quantitative estimate of drug-likeness (QED) is 0.357. The van der Waals surface area contributed by atoms with E-state index in [1.54, 1.807) is 0 Å². The van der Waals surface area contributed by atoms with E-state index in [4.69, 9.17) is 4.98 Å². The minimum atomic E-state index is -0.661. The molecule has 2 aliphatic heterocycles. The van der Waals surface area contributed by atoms with Crippen molar-refractivity contribution in [2.45, 2.75) is 58.2 Å². The van der Waals surface area contributed by atoms with Gasteiger partial charge >= 0.3 is 0 Å². The SMILES string of the molecule is CC(C)c1c2cc(-c3nc(Nc4ccc5c(n4)CCN(C4CN(CC(C)(C)O)C4)C5)ncc3F)ccc2nn1C. The predicted octanol–water partition coefficient (Wildman–Crippen LogP) is 4.24. The first kappa shape index (κ1) is 26.7. The number of nitrogens with one attached hydrogen (secondary N) is 1. The van der Waals surface area contributed by atoms with Crippen molar-refractivity contribution in [3.63, 3.8) is 0 Å². The number of fused-ring (bicyclic) bond motifs is 2. The van der Waals surface area contributed by atoms with Crippen LogP contribution in [0.1, 0.15) is 50.6 Å². The van der Waals surface area contributed by atoms with Crippen molar-refractivity contribution in [3.8, 4) is 11.3 Å². The zero-order valence-electron chi connectivity index (χ0n) is 23.8. The largest absolute Gasteiger partial charge is 0.389 e. The molecule has 3 aromatic heterocycles. The molecule has 5 heterocycles. The van der Waals surface area contributed by atoms with Crippen molar-refractivity contribution >= 4 is 22.7 Å². The Kier molecular flexibility index (Phi) is 6.80. The second-order valence-corrected chi connectivity index (χ2v) is 12.1. The van der Waals surface area contributed by atoms with Gasteiger partial charge in [-0.3, -0.25) is 14.5 Å². The van der Waals surface area contributed by atoms with Crippen LogP contribution in [-0.4, -0.2) is 77.5 Å². The van der Waals surface area contributed by atoms with Crippen molar-refractivity contribution in [3.05, 3.63) is 59.3 Å². The molecular formula is C30H37FN8O. The molecule has 1 aromatic carbocycles. The fourth-order valence-electron chi connectivity index (χ4n) is 6.06. The fraction of sp³-hybridized carbons (Fsp3) is 0.467. The second-order valence-electron chi connectivity index (χ2n) is 12.1. The number of rotatable bonds is 7. The van der Waals surface area contributed by atoms with Crippen molar-refractivity contribution in [2.24, 2.45) is 7.05 Å². The van der Waals surface area contributed by atoms with Crippen molar-refractivity contribution < 1.29 is 9.50 Å². The molecule has 0 unspecified atom stereocenters. The van der Waals surface area contributed by atoms with Crippen LogP contribution < -0.4 is 5.32 Å². The molecule has 0 radical (unpaired) electrons. The Bertz CT molecular complexity index is 1550. The van der Waals surface area contributed by atoms with Crippen LogP contribution in [0.3, 0.4) is 0 Å². The Labute approximate surface area is 234 Å². The highest BCUT2D eigenvalue weighted by atomic mass is 19.1. The lowest BCUT2D eigenvalue weighted by Gasteiger charge is -2.48. The number of hydrogen-bond donors (Lipinski definition) is 2. The van der Waals surface area contributed by atoms with Crippen LogP contribution in [0.5, 0.6) is 0 Å². The third-order valence-electron chi connectivity index (χ3n) is 7.83. The van der Waals surface area contributed by atoms with E-state index in [1.165, 1.54) is 11.8 Å². The van der Waals surface area contributed by atoms with Crippen LogP contribution in [0.25, 0.3) is 22.2 Å². The highest BCUT2D eigenvalue weighted by Crippen LogP contribution is 2.31. The van der Waals surface area contributed by atoms with Crippen LogP contribution in [0.15, 0.2) is 36.5 Å². The first-order valence-electron chi connectivity index (χ1n) is 14.0. The van der Waals surface area contributed by atoms with E-state index in [2.05, 4.69) is 50.1 Å². The summed E-state index contributed by atoms with van der Waals surface area (Å²) in [6.45, 7) is 12.5. The van der Waals surface area contributed by atoms with Gasteiger partial charge in [-0.1, -0.05) is 26.0 Å². The molecule has 0 spiro atoms. The van der Waals surface area contributed by atoms with E-state index in [0.717, 1.165) is 54.9 Å². The molecule has 0 atom stereocenters. The summed E-state index contributed by atoms with van der Waals surface area (Å²) >= 11 is 0. The van der Waals surface area contributed by atoms with Gasteiger partial charge in [-0.2, -0.15) is 5.10 Å². The number of aliphatic hydroxyl groups is 1. The van der Waals surface area contributed by atoms with E-state index in [-0.39, 0.29) is 11.6 Å². The molecule has 2 aliphatic rings. The molecule has 0 bridgehead atoms. The van der Waals surface area contributed by atoms with Crippen molar-refractivity contribution in [1.82, 2.24) is 34.5 Å². The Hall–Kier alpha value is -3.47. The molecule has 9 nitrogen and oxygen atoms in total. The molecule has 0 saturated carbocycles. The molecule has 1 saturated heterocycles. The van der Waals surface area contributed by atoms with Crippen LogP contribution >= 0.6 is 0 Å². The molecule has 40 heavy (non-hydrogen) atoms. The minimum Gasteiger partial charge on any atom is -0.389 e. The van der Waals surface area contributed by atoms with E-state index in [9.17, 15) is 9.50 Å². The lowest BCUT2D eigenvalue weighted by atomic mass is 9.98. The van der Waals surface area contributed by atoms with Gasteiger partial charge < -0.3 is 10.4 Å². The molecule has 4 aromatic rings. The third kappa shape index (κ3) is 5.31. The Morgan fingerprint density at radius 3 is 2.70 bits per heavy atom. The lowest BCUT2D eigenvalue weighted by molar-refractivity contribution is -0.0311. The van der Waals surface area contributed by atoms with Gasteiger partial charge in [0.25, 0.3) is 0 Å². The summed E-state index contributed by atoms with van der Waals surface area (Å²) < 4.78 is 16.8. The number of anilines is 2. The topological polar surface area (TPSA) is 95.2 Å². The number of aromatic nitrogens is 5. The van der Waals surface area contributed by atoms with Gasteiger partial charge in [-0.05, 0) is 43.5 Å². The standard InChI is InChI=1S/C30H37FN8O/c1-18(2)28-22-12-19(6-8-25(22)36-37(28)5)27-23(31)13-32-29(35-27)34-26-9-7-20-14-39(11-10-24(20)33-26)21-15-38(16-21)17-30(3,4)40/h6-9,12-13,18,21,40H,10-11,14-17H2,1-5H3,(H,32,33,34,35). The lowest BCUT2D eigenvalue weighted by Crippen LogP contribution is -2.62. The number of nitrogens with zero attached hydrogens (tertiary/aromatic N) is 7. The zero-order valence-corrected chi connectivity index (χ0v) is 23.8. The van der Waals surface area contributed by atoms with Crippen molar-refractivity contribution in [1.29, 1.82) is 0 Å². The van der Waals surface area contributed by atoms with Crippen LogP contribution in [-0.2, 0) is 20.0 Å². The summed E-state index contributed by atoms with van der Waals surface area (Å²) in [6, 6.07) is 10.3. The van der Waals surface area contributed by atoms with Crippen molar-refractivity contribution in [2.75, 3.05) is 31.5 Å². The molecular weight excluding hydrogens is 507 g/mol. The first-order chi connectivity index (χ1) is 19.0. The smallest absolute Gasteiger partial charge is 0.229 e. The van der Waals surface area contributed by atoms with Crippen LogP contribution in [0.4, 0.5) is 16.2 Å². The average Bonchev–Trinajstić information content (AvgIpc) is 3.21. The van der Waals surface area contributed by atoms with Gasteiger partial charge in [0.15, 0.2) is 5.82 Å². The summed E-state index contributed by atoms with van der Waals surface area (Å²) in [7, 11) is 1.94. The summed E-state index contributed by atoms with van der Waals surface area (Å²) in [5, 5.41) is 18.8. The number of halogens is 1. The predicted molar refractivity (Wildman–Crippen MR) is 154 cm³/mol. The highest BCUT2D eigenvalue weighted by molar-refractivity contribution is 5.86. The Morgan fingerprint density at radius 1 is 1.15 bits per heavy atom. The number of hydrogen-bond acceptors (Lipinski definition) is 8. The normalized spacial score (nSPS) is 16.9. The number of β-amino-alcohol motifs (C(OH)–C–C–N with tert-alkyl or cyclic N) is 1. The molecule has 10 heteroatoms. The number of pyridine rings is 1. The maximum Gasteiger partial charge on any atom is 0.229 e. The number of likely N-dealkylation sites (tertiary alicyclic amines) is 1. The van der Waals surface area contributed by atoms with E-state index in [1.807, 2.05) is 49.8 Å². The van der Waals surface area contributed by atoms with Gasteiger partial charge in [0.2, 0.25) is 5.95 Å². The van der Waals surface area contributed by atoms with Crippen LogP contribution in [0.2, 0.25) is 0 Å². The molecule has 2 N–H and O–H groups in total. The van der Waals surface area contributed by atoms with Crippen LogP contribution in [0, 0.1) is 5.82 Å². The van der Waals surface area contributed by atoms with E-state index < -0.39 is 11.4 Å². The van der Waals surface area contributed by atoms with E-state index in [0.29, 0.717) is 29.9 Å². The average molecular weight is 545 g/mol. The van der Waals surface area contributed by atoms with E-state index >= 15 is 0 Å². The Morgan fingerprint density at radius 2 is 1.95 bits per heavy atom. The number of benzene rings is 1. The third-order valence-corrected chi connectivity index (χ3v) is 7.83. The zero-order chi connectivity index (χ0) is 28.2. The van der Waals surface area contributed by atoms with Gasteiger partial charge in [-0.25, -0.2) is 19.3 Å².